The molecule has 0 aliphatic carbocycles. The van der Waals surface area contributed by atoms with Crippen molar-refractivity contribution in [2.24, 2.45) is 0 Å². The number of hydrogen-bond donors (Lipinski definition) is 2. The Balaban J connectivity index is 1.51. The summed E-state index contributed by atoms with van der Waals surface area (Å²) in [4.78, 5) is 14.5. The van der Waals surface area contributed by atoms with Crippen LogP contribution < -0.4 is 10.7 Å². The van der Waals surface area contributed by atoms with E-state index in [2.05, 4.69) is 53.9 Å². The summed E-state index contributed by atoms with van der Waals surface area (Å²) in [5.41, 5.74) is 9.94. The Labute approximate surface area is 235 Å². The van der Waals surface area contributed by atoms with Gasteiger partial charge in [-0.2, -0.15) is 0 Å². The van der Waals surface area contributed by atoms with Crippen LogP contribution in [0.15, 0.2) is 48.2 Å². The van der Waals surface area contributed by atoms with Crippen LogP contribution in [0.4, 0.5) is 14.9 Å². The van der Waals surface area contributed by atoms with Crippen molar-refractivity contribution >= 4 is 34.7 Å². The number of fused-ring (bicyclic) bond motifs is 3. The highest BCUT2D eigenvalue weighted by molar-refractivity contribution is 6.31. The maximum atomic E-state index is 14.9. The Morgan fingerprint density at radius 1 is 1.23 bits per heavy atom. The molecule has 9 heteroatoms. The quantitative estimate of drug-likeness (QED) is 0.436. The molecule has 2 aromatic carbocycles. The van der Waals surface area contributed by atoms with Gasteiger partial charge in [-0.15, -0.1) is 5.12 Å². The molecule has 0 radical (unpaired) electrons. The summed E-state index contributed by atoms with van der Waals surface area (Å²) in [6.07, 6.45) is 3.30. The van der Waals surface area contributed by atoms with Gasteiger partial charge in [0.05, 0.1) is 28.1 Å². The maximum absolute atomic E-state index is 14.9. The molecule has 2 atom stereocenters. The van der Waals surface area contributed by atoms with E-state index < -0.39 is 11.4 Å². The van der Waals surface area contributed by atoms with Crippen molar-refractivity contribution in [3.8, 4) is 0 Å². The molecule has 0 bridgehead atoms. The van der Waals surface area contributed by atoms with Gasteiger partial charge in [-0.25, -0.2) is 9.18 Å². The van der Waals surface area contributed by atoms with Crippen molar-refractivity contribution in [1.82, 2.24) is 20.5 Å². The zero-order valence-corrected chi connectivity index (χ0v) is 24.2. The summed E-state index contributed by atoms with van der Waals surface area (Å²) in [5, 5.41) is 7.78. The van der Waals surface area contributed by atoms with E-state index in [0.717, 1.165) is 47.5 Å². The van der Waals surface area contributed by atoms with Crippen LogP contribution in [-0.2, 0) is 4.74 Å². The van der Waals surface area contributed by atoms with E-state index >= 15 is 0 Å². The van der Waals surface area contributed by atoms with E-state index in [1.807, 2.05) is 32.9 Å². The summed E-state index contributed by atoms with van der Waals surface area (Å²) >= 11 is 6.10. The van der Waals surface area contributed by atoms with Crippen LogP contribution in [0.5, 0.6) is 0 Å². The van der Waals surface area contributed by atoms with Crippen molar-refractivity contribution in [1.29, 1.82) is 0 Å². The lowest BCUT2D eigenvalue weighted by molar-refractivity contribution is 0.0198. The fourth-order valence-electron chi connectivity index (χ4n) is 5.64. The second-order valence-electron chi connectivity index (χ2n) is 11.5. The van der Waals surface area contributed by atoms with Gasteiger partial charge in [0, 0.05) is 31.7 Å². The van der Waals surface area contributed by atoms with E-state index in [9.17, 15) is 9.18 Å². The Bertz CT molecular complexity index is 1350. The first-order valence-electron chi connectivity index (χ1n) is 13.5. The SMILES string of the molecule is CC1=C2c3ccc(C4=CCN(C(=O)OC(C)(C)C)C(C)C4)cc3C(Nc3cccc(Cl)c3F)CCN2N(C)N1. The van der Waals surface area contributed by atoms with Crippen LogP contribution in [0.25, 0.3) is 11.3 Å². The summed E-state index contributed by atoms with van der Waals surface area (Å²) in [6.45, 7) is 11.0. The third-order valence-corrected chi connectivity index (χ3v) is 7.77. The molecule has 3 heterocycles. The molecule has 2 aromatic rings. The molecular weight excluding hydrogens is 517 g/mol. The van der Waals surface area contributed by atoms with Gasteiger partial charge >= 0.3 is 6.09 Å². The number of benzene rings is 2. The summed E-state index contributed by atoms with van der Waals surface area (Å²) in [6, 6.07) is 11.5. The molecule has 2 N–H and O–H groups in total. The lowest BCUT2D eigenvalue weighted by Gasteiger charge is -2.34. The number of ether oxygens (including phenoxy) is 1. The minimum Gasteiger partial charge on any atom is -0.444 e. The third-order valence-electron chi connectivity index (χ3n) is 7.48. The molecular formula is C30H37ClFN5O2. The van der Waals surface area contributed by atoms with Crippen molar-refractivity contribution < 1.29 is 13.9 Å². The third kappa shape index (κ3) is 5.45. The monoisotopic (exact) mass is 553 g/mol. The molecule has 0 saturated heterocycles. The lowest BCUT2D eigenvalue weighted by Crippen LogP contribution is -2.44. The van der Waals surface area contributed by atoms with Crippen molar-refractivity contribution in [3.05, 3.63) is 75.7 Å². The molecule has 5 rings (SSSR count). The van der Waals surface area contributed by atoms with Crippen LogP contribution in [-0.4, -0.2) is 52.9 Å². The number of allylic oxidation sites excluding steroid dienone is 1. The fraction of sp³-hybridized carbons (Fsp3) is 0.433. The Morgan fingerprint density at radius 3 is 2.72 bits per heavy atom. The number of rotatable bonds is 3. The van der Waals surface area contributed by atoms with Gasteiger partial charge in [0.2, 0.25) is 0 Å². The molecule has 0 spiro atoms. The number of nitrogens with zero attached hydrogens (tertiary/aromatic N) is 3. The first kappa shape index (κ1) is 27.3. The average molecular weight is 554 g/mol. The molecule has 0 saturated carbocycles. The molecule has 208 valence electrons. The highest BCUT2D eigenvalue weighted by atomic mass is 35.5. The highest BCUT2D eigenvalue weighted by Crippen LogP contribution is 2.41. The van der Waals surface area contributed by atoms with E-state index in [4.69, 9.17) is 16.3 Å². The molecule has 0 aromatic heterocycles. The first-order chi connectivity index (χ1) is 18.4. The van der Waals surface area contributed by atoms with E-state index in [1.165, 1.54) is 5.57 Å². The molecule has 1 amide bonds. The second kappa shape index (κ2) is 10.4. The van der Waals surface area contributed by atoms with Gasteiger partial charge in [-0.3, -0.25) is 5.01 Å². The number of hydrogen-bond acceptors (Lipinski definition) is 6. The van der Waals surface area contributed by atoms with Gasteiger partial charge in [-0.1, -0.05) is 35.9 Å². The van der Waals surface area contributed by atoms with Gasteiger partial charge in [0.25, 0.3) is 0 Å². The van der Waals surface area contributed by atoms with Crippen molar-refractivity contribution in [2.75, 3.05) is 25.5 Å². The maximum Gasteiger partial charge on any atom is 0.410 e. The summed E-state index contributed by atoms with van der Waals surface area (Å²) in [7, 11) is 2.00. The standard InChI is InChI=1S/C30H37ClFN5O2/c1-18-16-21(12-14-36(18)29(38)39-30(3,4)5)20-10-11-22-23(17-20)25(33-26-9-7-8-24(31)27(26)32)13-15-37-28(22)19(2)34-35(37)6/h7-12,17-18,25,33-34H,13-16H2,1-6H3. The number of amides is 1. The van der Waals surface area contributed by atoms with Crippen LogP contribution in [0.2, 0.25) is 5.02 Å². The Hall–Kier alpha value is -3.23. The Kier molecular flexibility index (Phi) is 7.29. The van der Waals surface area contributed by atoms with Crippen LogP contribution in [0, 0.1) is 5.82 Å². The molecule has 7 nitrogen and oxygen atoms in total. The molecule has 3 aliphatic rings. The van der Waals surface area contributed by atoms with Gasteiger partial charge in [0.15, 0.2) is 5.82 Å². The minimum atomic E-state index is -0.536. The number of hydrazine groups is 2. The normalized spacial score (nSPS) is 21.6. The first-order valence-corrected chi connectivity index (χ1v) is 13.8. The fourth-order valence-corrected chi connectivity index (χ4v) is 5.81. The molecule has 3 aliphatic heterocycles. The van der Waals surface area contributed by atoms with Gasteiger partial charge < -0.3 is 20.4 Å². The predicted octanol–water partition coefficient (Wildman–Crippen LogP) is 6.80. The van der Waals surface area contributed by atoms with Gasteiger partial charge in [-0.05, 0) is 82.4 Å². The smallest absolute Gasteiger partial charge is 0.410 e. The second-order valence-corrected chi connectivity index (χ2v) is 11.9. The molecule has 2 unspecified atom stereocenters. The highest BCUT2D eigenvalue weighted by Gasteiger charge is 2.34. The number of carbonyl (C=O) groups is 1. The van der Waals surface area contributed by atoms with Gasteiger partial charge in [0.1, 0.15) is 5.60 Å². The number of anilines is 1. The van der Waals surface area contributed by atoms with Crippen LogP contribution in [0.1, 0.15) is 70.2 Å². The topological polar surface area (TPSA) is 60.1 Å². The Morgan fingerprint density at radius 2 is 2.00 bits per heavy atom. The van der Waals surface area contributed by atoms with E-state index in [-0.39, 0.29) is 23.2 Å². The molecule has 0 fully saturated rings. The lowest BCUT2D eigenvalue weighted by atomic mass is 9.89. The number of carbonyl (C=O) groups excluding carboxylic acids is 1. The minimum absolute atomic E-state index is 0.00117. The van der Waals surface area contributed by atoms with Crippen LogP contribution in [0.3, 0.4) is 0 Å². The number of nitrogens with one attached hydrogen (secondary N) is 2. The molecule has 39 heavy (non-hydrogen) atoms. The van der Waals surface area contributed by atoms with Crippen LogP contribution >= 0.6 is 11.6 Å². The van der Waals surface area contributed by atoms with Crippen molar-refractivity contribution in [3.63, 3.8) is 0 Å². The summed E-state index contributed by atoms with van der Waals surface area (Å²) in [5.74, 6) is -0.443. The van der Waals surface area contributed by atoms with Crippen molar-refractivity contribution in [2.45, 2.75) is 65.1 Å². The predicted molar refractivity (Wildman–Crippen MR) is 154 cm³/mol. The zero-order valence-electron chi connectivity index (χ0n) is 23.4. The van der Waals surface area contributed by atoms with E-state index in [0.29, 0.717) is 12.2 Å². The average Bonchev–Trinajstić information content (AvgIpc) is 3.04. The summed E-state index contributed by atoms with van der Waals surface area (Å²) < 4.78 is 20.5. The zero-order chi connectivity index (χ0) is 28.1. The largest absolute Gasteiger partial charge is 0.444 e. The van der Waals surface area contributed by atoms with E-state index in [1.54, 1.807) is 23.1 Å². The number of halogens is 2.